The molecule has 1 heterocycles. The van der Waals surface area contributed by atoms with E-state index in [1.165, 1.54) is 11.8 Å². The van der Waals surface area contributed by atoms with Gasteiger partial charge in [-0.3, -0.25) is 14.2 Å². The van der Waals surface area contributed by atoms with Crippen LogP contribution in [0.1, 0.15) is 40.0 Å². The summed E-state index contributed by atoms with van der Waals surface area (Å²) in [5, 5.41) is 4.36. The first-order valence-corrected chi connectivity index (χ1v) is 10.3. The van der Waals surface area contributed by atoms with Crippen molar-refractivity contribution in [1.82, 2.24) is 14.9 Å². The monoisotopic (exact) mass is 393 g/mol. The number of hydrogen-bond donors (Lipinski definition) is 1. The zero-order valence-electron chi connectivity index (χ0n) is 15.3. The number of nitrogens with one attached hydrogen (secondary N) is 1. The lowest BCUT2D eigenvalue weighted by Crippen LogP contribution is -2.33. The van der Waals surface area contributed by atoms with Crippen LogP contribution in [0.4, 0.5) is 0 Å². The molecule has 1 aliphatic rings. The molecule has 26 heavy (non-hydrogen) atoms. The third-order valence-corrected chi connectivity index (χ3v) is 5.71. The van der Waals surface area contributed by atoms with Crippen LogP contribution < -0.4 is 10.9 Å². The Hall–Kier alpha value is -1.53. The number of rotatable bonds is 7. The van der Waals surface area contributed by atoms with Gasteiger partial charge in [-0.25, -0.2) is 4.98 Å². The predicted molar refractivity (Wildman–Crippen MR) is 107 cm³/mol. The average molecular weight is 394 g/mol. The van der Waals surface area contributed by atoms with Crippen LogP contribution in [0.5, 0.6) is 0 Å². The molecule has 140 valence electrons. The van der Waals surface area contributed by atoms with E-state index in [0.717, 1.165) is 19.3 Å². The van der Waals surface area contributed by atoms with Gasteiger partial charge >= 0.3 is 0 Å². The second kappa shape index (κ2) is 8.01. The van der Waals surface area contributed by atoms with Crippen LogP contribution in [0.2, 0.25) is 5.02 Å². The van der Waals surface area contributed by atoms with Crippen molar-refractivity contribution in [3.8, 4) is 0 Å². The number of hydrogen-bond acceptors (Lipinski definition) is 4. The van der Waals surface area contributed by atoms with E-state index in [4.69, 9.17) is 11.6 Å². The Bertz CT molecular complexity index is 877. The minimum atomic E-state index is -0.315. The average Bonchev–Trinajstić information content (AvgIpc) is 3.37. The second-order valence-corrected chi connectivity index (χ2v) is 8.98. The molecule has 1 atom stereocenters. The number of carbonyl (C=O) groups excluding carboxylic acids is 1. The van der Waals surface area contributed by atoms with Crippen LogP contribution in [0, 0.1) is 5.92 Å². The molecule has 0 bridgehead atoms. The topological polar surface area (TPSA) is 64.0 Å². The molecule has 0 spiro atoms. The van der Waals surface area contributed by atoms with Gasteiger partial charge in [-0.15, -0.1) is 0 Å². The van der Waals surface area contributed by atoms with Crippen LogP contribution in [0.25, 0.3) is 10.9 Å². The molecule has 0 unspecified atom stereocenters. The van der Waals surface area contributed by atoms with Crippen molar-refractivity contribution in [3.05, 3.63) is 33.6 Å². The van der Waals surface area contributed by atoms with Crippen molar-refractivity contribution in [1.29, 1.82) is 0 Å². The lowest BCUT2D eigenvalue weighted by molar-refractivity contribution is -0.120. The van der Waals surface area contributed by atoms with Gasteiger partial charge in [-0.1, -0.05) is 37.2 Å². The molecule has 0 aliphatic heterocycles. The highest BCUT2D eigenvalue weighted by molar-refractivity contribution is 8.00. The number of thioether (sulfide) groups is 1. The van der Waals surface area contributed by atoms with Crippen LogP contribution in [-0.2, 0) is 11.3 Å². The van der Waals surface area contributed by atoms with Gasteiger partial charge in [0.25, 0.3) is 5.56 Å². The quantitative estimate of drug-likeness (QED) is 0.573. The van der Waals surface area contributed by atoms with Gasteiger partial charge in [-0.05, 0) is 50.3 Å². The summed E-state index contributed by atoms with van der Waals surface area (Å²) in [4.78, 5) is 29.9. The second-order valence-electron chi connectivity index (χ2n) is 7.24. The molecule has 1 amide bonds. The highest BCUT2D eigenvalue weighted by Gasteiger charge is 2.27. The van der Waals surface area contributed by atoms with E-state index < -0.39 is 0 Å². The van der Waals surface area contributed by atoms with Crippen molar-refractivity contribution in [3.63, 3.8) is 0 Å². The Morgan fingerprint density at radius 2 is 2.12 bits per heavy atom. The number of carbonyl (C=O) groups is 1. The highest BCUT2D eigenvalue weighted by atomic mass is 35.5. The van der Waals surface area contributed by atoms with E-state index in [9.17, 15) is 9.59 Å². The van der Waals surface area contributed by atoms with Gasteiger partial charge in [0.15, 0.2) is 5.16 Å². The van der Waals surface area contributed by atoms with Gasteiger partial charge in [-0.2, -0.15) is 0 Å². The number of halogens is 1. The Kier molecular flexibility index (Phi) is 5.92. The van der Waals surface area contributed by atoms with Gasteiger partial charge in [0.2, 0.25) is 5.91 Å². The fraction of sp³-hybridized carbons (Fsp3) is 0.526. The molecular formula is C19H24ClN3O2S. The first-order valence-electron chi connectivity index (χ1n) is 9.02. The molecule has 5 nitrogen and oxygen atoms in total. The van der Waals surface area contributed by atoms with E-state index in [1.54, 1.807) is 22.8 Å². The molecular weight excluding hydrogens is 370 g/mol. The summed E-state index contributed by atoms with van der Waals surface area (Å²) in [6, 6.07) is 5.44. The van der Waals surface area contributed by atoms with Crippen molar-refractivity contribution in [2.45, 2.75) is 63.0 Å². The summed E-state index contributed by atoms with van der Waals surface area (Å²) < 4.78 is 1.70. The number of nitrogens with zero attached hydrogens (tertiary/aromatic N) is 2. The standard InChI is InChI=1S/C19H24ClN3O2S/c1-11(2)8-9-23-18(25)15-7-4-13(20)10-16(15)22-19(23)26-12(3)17(24)21-14-5-6-14/h4,7,10-12,14H,5-6,8-9H2,1-3H3,(H,21,24)/t12-/m1/s1. The maximum absolute atomic E-state index is 13.0. The fourth-order valence-electron chi connectivity index (χ4n) is 2.61. The van der Waals surface area contributed by atoms with Crippen molar-refractivity contribution in [2.75, 3.05) is 0 Å². The molecule has 1 aliphatic carbocycles. The summed E-state index contributed by atoms with van der Waals surface area (Å²) >= 11 is 7.40. The number of aromatic nitrogens is 2. The normalized spacial score (nSPS) is 15.4. The van der Waals surface area contributed by atoms with Crippen LogP contribution in [0.15, 0.2) is 28.2 Å². The lowest BCUT2D eigenvalue weighted by atomic mass is 10.1. The smallest absolute Gasteiger partial charge is 0.262 e. The third-order valence-electron chi connectivity index (χ3n) is 4.39. The van der Waals surface area contributed by atoms with Gasteiger partial charge in [0.1, 0.15) is 0 Å². The summed E-state index contributed by atoms with van der Waals surface area (Å²) in [7, 11) is 0. The zero-order chi connectivity index (χ0) is 18.8. The van der Waals surface area contributed by atoms with E-state index >= 15 is 0 Å². The maximum atomic E-state index is 13.0. The first kappa shape index (κ1) is 19.2. The maximum Gasteiger partial charge on any atom is 0.262 e. The first-order chi connectivity index (χ1) is 12.3. The van der Waals surface area contributed by atoms with Crippen molar-refractivity contribution in [2.24, 2.45) is 5.92 Å². The summed E-state index contributed by atoms with van der Waals surface area (Å²) in [6.07, 6.45) is 2.97. The molecule has 1 aromatic heterocycles. The Morgan fingerprint density at radius 1 is 1.38 bits per heavy atom. The molecule has 1 fully saturated rings. The van der Waals surface area contributed by atoms with Crippen LogP contribution in [-0.4, -0.2) is 26.8 Å². The molecule has 3 rings (SSSR count). The molecule has 0 radical (unpaired) electrons. The van der Waals surface area contributed by atoms with E-state index in [-0.39, 0.29) is 16.7 Å². The van der Waals surface area contributed by atoms with E-state index in [0.29, 0.717) is 39.6 Å². The molecule has 1 aromatic carbocycles. The summed E-state index contributed by atoms with van der Waals surface area (Å²) in [6.45, 7) is 6.68. The predicted octanol–water partition coefficient (Wildman–Crippen LogP) is 3.86. The zero-order valence-corrected chi connectivity index (χ0v) is 16.9. The Morgan fingerprint density at radius 3 is 2.77 bits per heavy atom. The van der Waals surface area contributed by atoms with Gasteiger partial charge in [0.05, 0.1) is 16.2 Å². The number of fused-ring (bicyclic) bond motifs is 1. The highest BCUT2D eigenvalue weighted by Crippen LogP contribution is 2.26. The number of benzene rings is 1. The number of amides is 1. The lowest BCUT2D eigenvalue weighted by Gasteiger charge is -2.17. The van der Waals surface area contributed by atoms with Crippen molar-refractivity contribution < 1.29 is 4.79 Å². The van der Waals surface area contributed by atoms with Gasteiger partial charge < -0.3 is 5.32 Å². The minimum Gasteiger partial charge on any atom is -0.352 e. The molecule has 2 aromatic rings. The minimum absolute atomic E-state index is 0.00616. The summed E-state index contributed by atoms with van der Waals surface area (Å²) in [5.74, 6) is 0.463. The van der Waals surface area contributed by atoms with E-state index in [2.05, 4.69) is 24.1 Å². The molecule has 1 saturated carbocycles. The van der Waals surface area contributed by atoms with E-state index in [1.807, 2.05) is 6.92 Å². The third kappa shape index (κ3) is 4.60. The largest absolute Gasteiger partial charge is 0.352 e. The van der Waals surface area contributed by atoms with Crippen LogP contribution >= 0.6 is 23.4 Å². The Balaban J connectivity index is 1.95. The SMILES string of the molecule is CC(C)CCn1c(S[C@H](C)C(=O)NC2CC2)nc2cc(Cl)ccc2c1=O. The molecule has 7 heteroatoms. The fourth-order valence-corrected chi connectivity index (χ4v) is 3.72. The molecule has 0 saturated heterocycles. The van der Waals surface area contributed by atoms with Crippen molar-refractivity contribution >= 4 is 40.2 Å². The van der Waals surface area contributed by atoms with Gasteiger partial charge in [0, 0.05) is 17.6 Å². The summed E-state index contributed by atoms with van der Waals surface area (Å²) in [5.41, 5.74) is 0.491. The molecule has 1 N–H and O–H groups in total. The Labute approximate surface area is 162 Å². The van der Waals surface area contributed by atoms with Crippen LogP contribution in [0.3, 0.4) is 0 Å².